The Morgan fingerprint density at radius 2 is 1.88 bits per heavy atom. The van der Waals surface area contributed by atoms with Crippen molar-refractivity contribution in [3.63, 3.8) is 0 Å². The zero-order valence-corrected chi connectivity index (χ0v) is 13.8. The molecule has 2 fully saturated rings. The van der Waals surface area contributed by atoms with Crippen molar-refractivity contribution in [2.45, 2.75) is 25.3 Å². The third-order valence-corrected chi connectivity index (χ3v) is 5.76. The number of nitrogens with one attached hydrogen (secondary N) is 2. The summed E-state index contributed by atoms with van der Waals surface area (Å²) in [7, 11) is 0. The lowest BCUT2D eigenvalue weighted by atomic mass is 9.79. The lowest BCUT2D eigenvalue weighted by Gasteiger charge is -2.38. The Morgan fingerprint density at radius 3 is 2.38 bits per heavy atom. The number of thiophene rings is 1. The van der Waals surface area contributed by atoms with Crippen LogP contribution in [0.25, 0.3) is 0 Å². The number of carbonyl (C=O) groups excluding carboxylic acids is 3. The van der Waals surface area contributed by atoms with Crippen LogP contribution < -0.4 is 10.6 Å². The fraction of sp³-hybridized carbons (Fsp3) is 0.467. The Morgan fingerprint density at radius 1 is 1.25 bits per heavy atom. The molecule has 4 amide bonds. The molecule has 128 valence electrons. The number of nitrogens with zero attached hydrogens (tertiary/aromatic N) is 1. The Bertz CT molecular complexity index is 722. The van der Waals surface area contributed by atoms with Crippen molar-refractivity contribution in [3.8, 4) is 0 Å². The Balaban J connectivity index is 1.64. The molecular weight excluding hydrogens is 334 g/mol. The van der Waals surface area contributed by atoms with Gasteiger partial charge < -0.3 is 15.3 Å². The molecule has 1 aromatic rings. The van der Waals surface area contributed by atoms with Crippen molar-refractivity contribution in [3.05, 3.63) is 21.9 Å². The van der Waals surface area contributed by atoms with Crippen LogP contribution in [0.5, 0.6) is 0 Å². The average Bonchev–Trinajstić information content (AvgIpc) is 3.13. The van der Waals surface area contributed by atoms with E-state index in [1.807, 2.05) is 0 Å². The largest absolute Gasteiger partial charge is 0.477 e. The molecule has 0 aromatic carbocycles. The second-order valence-electron chi connectivity index (χ2n) is 6.15. The van der Waals surface area contributed by atoms with Crippen LogP contribution in [0.4, 0.5) is 4.79 Å². The van der Waals surface area contributed by atoms with Crippen LogP contribution in [-0.2, 0) is 4.79 Å². The van der Waals surface area contributed by atoms with Gasteiger partial charge in [-0.3, -0.25) is 14.9 Å². The van der Waals surface area contributed by atoms with E-state index in [9.17, 15) is 19.2 Å². The van der Waals surface area contributed by atoms with E-state index in [2.05, 4.69) is 10.6 Å². The summed E-state index contributed by atoms with van der Waals surface area (Å²) in [5.74, 6) is -1.63. The van der Waals surface area contributed by atoms with Crippen LogP contribution in [-0.4, -0.2) is 52.4 Å². The van der Waals surface area contributed by atoms with E-state index in [-0.39, 0.29) is 22.6 Å². The second kappa shape index (κ2) is 5.90. The summed E-state index contributed by atoms with van der Waals surface area (Å²) in [6.07, 6.45) is 1.18. The predicted molar refractivity (Wildman–Crippen MR) is 85.0 cm³/mol. The molecule has 0 spiro atoms. The van der Waals surface area contributed by atoms with Crippen LogP contribution in [0.15, 0.2) is 12.1 Å². The highest BCUT2D eigenvalue weighted by Gasteiger charge is 2.48. The van der Waals surface area contributed by atoms with Crippen molar-refractivity contribution in [2.75, 3.05) is 13.1 Å². The number of amides is 4. The van der Waals surface area contributed by atoms with Gasteiger partial charge in [-0.15, -0.1) is 11.3 Å². The van der Waals surface area contributed by atoms with Crippen LogP contribution in [0.1, 0.15) is 39.1 Å². The number of carbonyl (C=O) groups is 4. The van der Waals surface area contributed by atoms with Gasteiger partial charge in [-0.2, -0.15) is 0 Å². The molecule has 8 nitrogen and oxygen atoms in total. The molecule has 1 atom stereocenters. The van der Waals surface area contributed by atoms with Crippen molar-refractivity contribution < 1.29 is 24.3 Å². The summed E-state index contributed by atoms with van der Waals surface area (Å²) in [5.41, 5.74) is -0.939. The minimum absolute atomic E-state index is 0.0501. The van der Waals surface area contributed by atoms with Gasteiger partial charge in [0.15, 0.2) is 0 Å². The van der Waals surface area contributed by atoms with E-state index in [1.54, 1.807) is 11.8 Å². The number of likely N-dealkylation sites (tertiary alicyclic amines) is 1. The number of imide groups is 1. The average molecular weight is 351 g/mol. The lowest BCUT2D eigenvalue weighted by molar-refractivity contribution is -0.125. The Kier molecular flexibility index (Phi) is 4.04. The predicted octanol–water partition coefficient (Wildman–Crippen LogP) is 0.897. The van der Waals surface area contributed by atoms with Gasteiger partial charge in [0.25, 0.3) is 11.8 Å². The maximum Gasteiger partial charge on any atom is 0.345 e. The van der Waals surface area contributed by atoms with Gasteiger partial charge in [0.2, 0.25) is 0 Å². The third kappa shape index (κ3) is 2.75. The third-order valence-electron chi connectivity index (χ3n) is 4.70. The zero-order valence-electron chi connectivity index (χ0n) is 13.0. The van der Waals surface area contributed by atoms with Gasteiger partial charge in [-0.1, -0.05) is 0 Å². The number of carboxylic acid groups (broad SMARTS) is 1. The molecule has 1 aromatic heterocycles. The molecule has 3 rings (SSSR count). The highest BCUT2D eigenvalue weighted by Crippen LogP contribution is 2.31. The fourth-order valence-corrected chi connectivity index (χ4v) is 4.04. The maximum atomic E-state index is 12.5. The van der Waals surface area contributed by atoms with Crippen LogP contribution in [0, 0.1) is 5.92 Å². The molecular formula is C15H17N3O5S. The van der Waals surface area contributed by atoms with Gasteiger partial charge >= 0.3 is 12.0 Å². The van der Waals surface area contributed by atoms with Crippen molar-refractivity contribution in [2.24, 2.45) is 5.92 Å². The summed E-state index contributed by atoms with van der Waals surface area (Å²) < 4.78 is 0. The summed E-state index contributed by atoms with van der Waals surface area (Å²) in [6.45, 7) is 2.62. The van der Waals surface area contributed by atoms with E-state index in [4.69, 9.17) is 5.11 Å². The fourth-order valence-electron chi connectivity index (χ4n) is 3.23. The summed E-state index contributed by atoms with van der Waals surface area (Å²) >= 11 is 0.957. The number of hydrogen-bond donors (Lipinski definition) is 3. The summed E-state index contributed by atoms with van der Waals surface area (Å²) in [4.78, 5) is 48.9. The number of urea groups is 1. The van der Waals surface area contributed by atoms with Gasteiger partial charge in [0.05, 0.1) is 4.88 Å². The minimum atomic E-state index is -1.05. The molecule has 0 bridgehead atoms. The number of aromatic carboxylic acids is 1. The molecule has 2 aliphatic rings. The molecule has 2 saturated heterocycles. The zero-order chi connectivity index (χ0) is 17.5. The standard InChI is InChI=1S/C15H17N3O5S/c1-15(13(22)16-14(23)17-15)8-4-6-18(7-5-8)11(19)9-2-3-10(24-9)12(20)21/h2-3,8H,4-7H2,1H3,(H,20,21)(H2,16,17,22,23)/t15-/m1/s1. The minimum Gasteiger partial charge on any atom is -0.477 e. The van der Waals surface area contributed by atoms with Crippen molar-refractivity contribution in [1.29, 1.82) is 0 Å². The van der Waals surface area contributed by atoms with Gasteiger partial charge in [-0.25, -0.2) is 9.59 Å². The first-order valence-corrected chi connectivity index (χ1v) is 8.39. The number of hydrogen-bond acceptors (Lipinski definition) is 5. The molecule has 0 aliphatic carbocycles. The molecule has 24 heavy (non-hydrogen) atoms. The quantitative estimate of drug-likeness (QED) is 0.700. The Hall–Kier alpha value is -2.42. The molecule has 0 radical (unpaired) electrons. The SMILES string of the molecule is C[C@]1(C2CCN(C(=O)c3ccc(C(=O)O)s3)CC2)NC(=O)NC1=O. The summed E-state index contributed by atoms with van der Waals surface area (Å²) in [6, 6.07) is 2.46. The van der Waals surface area contributed by atoms with E-state index in [0.717, 1.165) is 11.3 Å². The van der Waals surface area contributed by atoms with Crippen LogP contribution in [0.2, 0.25) is 0 Å². The van der Waals surface area contributed by atoms with E-state index in [1.165, 1.54) is 12.1 Å². The smallest absolute Gasteiger partial charge is 0.345 e. The first kappa shape index (κ1) is 16.4. The van der Waals surface area contributed by atoms with Gasteiger partial charge in [0.1, 0.15) is 10.4 Å². The number of piperidine rings is 1. The van der Waals surface area contributed by atoms with Gasteiger partial charge in [0, 0.05) is 13.1 Å². The molecule has 0 saturated carbocycles. The molecule has 9 heteroatoms. The Labute approximate surface area is 141 Å². The van der Waals surface area contributed by atoms with E-state index < -0.39 is 17.5 Å². The monoisotopic (exact) mass is 351 g/mol. The molecule has 0 unspecified atom stereocenters. The first-order chi connectivity index (χ1) is 11.3. The highest BCUT2D eigenvalue weighted by molar-refractivity contribution is 7.15. The molecule has 2 aliphatic heterocycles. The topological polar surface area (TPSA) is 116 Å². The van der Waals surface area contributed by atoms with Crippen molar-refractivity contribution in [1.82, 2.24) is 15.5 Å². The number of carboxylic acids is 1. The normalized spacial score (nSPS) is 24.6. The van der Waals surface area contributed by atoms with E-state index in [0.29, 0.717) is 30.8 Å². The van der Waals surface area contributed by atoms with E-state index >= 15 is 0 Å². The first-order valence-electron chi connectivity index (χ1n) is 7.57. The van der Waals surface area contributed by atoms with Crippen molar-refractivity contribution >= 4 is 35.2 Å². The van der Waals surface area contributed by atoms with Crippen LogP contribution in [0.3, 0.4) is 0 Å². The summed E-state index contributed by atoms with van der Waals surface area (Å²) in [5, 5.41) is 13.9. The van der Waals surface area contributed by atoms with Gasteiger partial charge in [-0.05, 0) is 37.8 Å². The molecule has 3 heterocycles. The second-order valence-corrected chi connectivity index (χ2v) is 7.23. The number of rotatable bonds is 3. The molecule has 3 N–H and O–H groups in total. The van der Waals surface area contributed by atoms with Crippen LogP contribution >= 0.6 is 11.3 Å². The maximum absolute atomic E-state index is 12.5. The highest BCUT2D eigenvalue weighted by atomic mass is 32.1. The lowest BCUT2D eigenvalue weighted by Crippen LogP contribution is -2.54.